The minimum atomic E-state index is -0.235. The third-order valence-corrected chi connectivity index (χ3v) is 3.37. The Morgan fingerprint density at radius 2 is 2.07 bits per heavy atom. The smallest absolute Gasteiger partial charge is 0.0792 e. The van der Waals surface area contributed by atoms with Crippen molar-refractivity contribution >= 4 is 0 Å². The average molecular weight is 204 g/mol. The van der Waals surface area contributed by atoms with Crippen LogP contribution in [0.25, 0.3) is 0 Å². The number of hydrogen-bond donors (Lipinski definition) is 1. The van der Waals surface area contributed by atoms with E-state index in [1.54, 1.807) is 0 Å². The summed E-state index contributed by atoms with van der Waals surface area (Å²) in [7, 11) is 0. The topological polar surface area (TPSA) is 20.2 Å². The molecule has 1 atom stereocenters. The van der Waals surface area contributed by atoms with Gasteiger partial charge in [-0.1, -0.05) is 38.5 Å². The Bertz CT molecular complexity index is 341. The molecule has 82 valence electrons. The lowest BCUT2D eigenvalue weighted by atomic mass is 9.94. The van der Waals surface area contributed by atoms with Gasteiger partial charge in [0.05, 0.1) is 6.10 Å². The lowest BCUT2D eigenvalue weighted by Crippen LogP contribution is -2.00. The van der Waals surface area contributed by atoms with E-state index in [-0.39, 0.29) is 6.10 Å². The second-order valence-electron chi connectivity index (χ2n) is 4.87. The Labute approximate surface area is 92.1 Å². The molecule has 1 aliphatic carbocycles. The third-order valence-electron chi connectivity index (χ3n) is 3.37. The van der Waals surface area contributed by atoms with Gasteiger partial charge in [0.15, 0.2) is 0 Å². The molecule has 2 rings (SSSR count). The fourth-order valence-electron chi connectivity index (χ4n) is 2.32. The molecule has 1 aliphatic rings. The molecule has 0 saturated carbocycles. The summed E-state index contributed by atoms with van der Waals surface area (Å²) in [5, 5.41) is 10.0. The first-order valence-corrected chi connectivity index (χ1v) is 5.99. The zero-order valence-corrected chi connectivity index (χ0v) is 9.66. The molecule has 0 heterocycles. The van der Waals surface area contributed by atoms with Crippen molar-refractivity contribution in [3.63, 3.8) is 0 Å². The minimum Gasteiger partial charge on any atom is -0.388 e. The molecule has 0 aromatic heterocycles. The van der Waals surface area contributed by atoms with E-state index in [4.69, 9.17) is 0 Å². The summed E-state index contributed by atoms with van der Waals surface area (Å²) in [6.07, 6.45) is 4.18. The summed E-state index contributed by atoms with van der Waals surface area (Å²) >= 11 is 0. The molecular weight excluding hydrogens is 184 g/mol. The van der Waals surface area contributed by atoms with Crippen molar-refractivity contribution < 1.29 is 5.11 Å². The highest BCUT2D eigenvalue weighted by atomic mass is 16.3. The first-order chi connectivity index (χ1) is 7.18. The van der Waals surface area contributed by atoms with Crippen LogP contribution in [0.1, 0.15) is 61.8 Å². The average Bonchev–Trinajstić information content (AvgIpc) is 2.40. The van der Waals surface area contributed by atoms with E-state index in [1.807, 2.05) is 0 Å². The standard InChI is InChI=1S/C14H20O/c1-10(2)12-8-7-11-5-3-4-6-14(15)13(11)9-12/h7-10,14-15H,3-6H2,1-2H3/t14-/m1/s1. The van der Waals surface area contributed by atoms with Crippen LogP contribution >= 0.6 is 0 Å². The SMILES string of the molecule is CC(C)c1ccc2c(c1)[C@H](O)CCCC2. The molecule has 15 heavy (non-hydrogen) atoms. The van der Waals surface area contributed by atoms with Crippen LogP contribution in [0.2, 0.25) is 0 Å². The first-order valence-electron chi connectivity index (χ1n) is 5.99. The van der Waals surface area contributed by atoms with Crippen LogP contribution in [0.4, 0.5) is 0 Å². The molecule has 1 aromatic carbocycles. The van der Waals surface area contributed by atoms with Crippen LogP contribution in [-0.2, 0) is 6.42 Å². The number of benzene rings is 1. The fraction of sp³-hybridized carbons (Fsp3) is 0.571. The van der Waals surface area contributed by atoms with Gasteiger partial charge in [-0.3, -0.25) is 0 Å². The van der Waals surface area contributed by atoms with E-state index in [2.05, 4.69) is 32.0 Å². The zero-order valence-electron chi connectivity index (χ0n) is 9.66. The van der Waals surface area contributed by atoms with Crippen molar-refractivity contribution in [2.24, 2.45) is 0 Å². The number of aryl methyl sites for hydroxylation is 1. The monoisotopic (exact) mass is 204 g/mol. The molecule has 1 heteroatoms. The van der Waals surface area contributed by atoms with Crippen molar-refractivity contribution in [1.29, 1.82) is 0 Å². The predicted octanol–water partition coefficient (Wildman–Crippen LogP) is 3.57. The molecule has 0 fully saturated rings. The number of aliphatic hydroxyl groups excluding tert-OH is 1. The second-order valence-corrected chi connectivity index (χ2v) is 4.87. The van der Waals surface area contributed by atoms with Crippen molar-refractivity contribution in [1.82, 2.24) is 0 Å². The van der Waals surface area contributed by atoms with Gasteiger partial charge in [-0.25, -0.2) is 0 Å². The Kier molecular flexibility index (Phi) is 3.11. The lowest BCUT2D eigenvalue weighted by molar-refractivity contribution is 0.166. The van der Waals surface area contributed by atoms with Crippen molar-refractivity contribution in [2.75, 3.05) is 0 Å². The molecule has 0 spiro atoms. The zero-order chi connectivity index (χ0) is 10.8. The highest BCUT2D eigenvalue weighted by Crippen LogP contribution is 2.30. The maximum atomic E-state index is 10.0. The van der Waals surface area contributed by atoms with Crippen LogP contribution in [0.3, 0.4) is 0 Å². The Morgan fingerprint density at radius 3 is 2.80 bits per heavy atom. The minimum absolute atomic E-state index is 0.235. The highest BCUT2D eigenvalue weighted by molar-refractivity contribution is 5.35. The molecule has 1 nitrogen and oxygen atoms in total. The molecule has 1 aromatic rings. The van der Waals surface area contributed by atoms with E-state index in [1.165, 1.54) is 23.1 Å². The van der Waals surface area contributed by atoms with Gasteiger partial charge in [0.2, 0.25) is 0 Å². The van der Waals surface area contributed by atoms with Crippen LogP contribution in [0.15, 0.2) is 18.2 Å². The van der Waals surface area contributed by atoms with E-state index < -0.39 is 0 Å². The van der Waals surface area contributed by atoms with Crippen LogP contribution < -0.4 is 0 Å². The van der Waals surface area contributed by atoms with Gasteiger partial charge >= 0.3 is 0 Å². The van der Waals surface area contributed by atoms with E-state index in [0.29, 0.717) is 5.92 Å². The molecular formula is C14H20O. The second kappa shape index (κ2) is 4.36. The number of aliphatic hydroxyl groups is 1. The predicted molar refractivity (Wildman–Crippen MR) is 63.0 cm³/mol. The first kappa shape index (κ1) is 10.7. The molecule has 0 saturated heterocycles. The number of fused-ring (bicyclic) bond motifs is 1. The summed E-state index contributed by atoms with van der Waals surface area (Å²) < 4.78 is 0. The van der Waals surface area contributed by atoms with Gasteiger partial charge in [0.1, 0.15) is 0 Å². The number of rotatable bonds is 1. The van der Waals surface area contributed by atoms with Gasteiger partial charge in [-0.2, -0.15) is 0 Å². The highest BCUT2D eigenvalue weighted by Gasteiger charge is 2.16. The fourth-order valence-corrected chi connectivity index (χ4v) is 2.32. The molecule has 1 N–H and O–H groups in total. The van der Waals surface area contributed by atoms with Crippen molar-refractivity contribution in [3.8, 4) is 0 Å². The van der Waals surface area contributed by atoms with Crippen LogP contribution in [0, 0.1) is 0 Å². The molecule has 0 radical (unpaired) electrons. The van der Waals surface area contributed by atoms with Gasteiger partial charge in [0.25, 0.3) is 0 Å². The van der Waals surface area contributed by atoms with Crippen molar-refractivity contribution in [3.05, 3.63) is 34.9 Å². The maximum Gasteiger partial charge on any atom is 0.0792 e. The van der Waals surface area contributed by atoms with Gasteiger partial charge in [0, 0.05) is 0 Å². The van der Waals surface area contributed by atoms with E-state index in [0.717, 1.165) is 19.3 Å². The van der Waals surface area contributed by atoms with Gasteiger partial charge in [-0.05, 0) is 41.9 Å². The molecule has 0 aliphatic heterocycles. The quantitative estimate of drug-likeness (QED) is 0.693. The maximum absolute atomic E-state index is 10.0. The third kappa shape index (κ3) is 2.23. The Morgan fingerprint density at radius 1 is 1.27 bits per heavy atom. The molecule has 0 bridgehead atoms. The Balaban J connectivity index is 2.39. The van der Waals surface area contributed by atoms with E-state index in [9.17, 15) is 5.11 Å². The van der Waals surface area contributed by atoms with Crippen LogP contribution in [-0.4, -0.2) is 5.11 Å². The summed E-state index contributed by atoms with van der Waals surface area (Å²) in [5.41, 5.74) is 3.87. The summed E-state index contributed by atoms with van der Waals surface area (Å²) in [6.45, 7) is 4.40. The molecule has 0 unspecified atom stereocenters. The van der Waals surface area contributed by atoms with Crippen LogP contribution in [0.5, 0.6) is 0 Å². The summed E-state index contributed by atoms with van der Waals surface area (Å²) in [4.78, 5) is 0. The normalized spacial score (nSPS) is 21.2. The largest absolute Gasteiger partial charge is 0.388 e. The molecule has 0 amide bonds. The Hall–Kier alpha value is -0.820. The van der Waals surface area contributed by atoms with Gasteiger partial charge in [-0.15, -0.1) is 0 Å². The van der Waals surface area contributed by atoms with Gasteiger partial charge < -0.3 is 5.11 Å². The lowest BCUT2D eigenvalue weighted by Gasteiger charge is -2.15. The van der Waals surface area contributed by atoms with E-state index >= 15 is 0 Å². The van der Waals surface area contributed by atoms with Crippen molar-refractivity contribution in [2.45, 2.75) is 51.6 Å². The number of hydrogen-bond acceptors (Lipinski definition) is 1. The summed E-state index contributed by atoms with van der Waals surface area (Å²) in [6, 6.07) is 6.62. The summed E-state index contributed by atoms with van der Waals surface area (Å²) in [5.74, 6) is 0.547.